The van der Waals surface area contributed by atoms with E-state index in [0.29, 0.717) is 24.6 Å². The first-order valence-corrected chi connectivity index (χ1v) is 4.11. The Morgan fingerprint density at radius 1 is 1.69 bits per heavy atom. The van der Waals surface area contributed by atoms with Crippen molar-refractivity contribution >= 4 is 5.91 Å². The van der Waals surface area contributed by atoms with Crippen LogP contribution in [-0.4, -0.2) is 16.0 Å². The van der Waals surface area contributed by atoms with Gasteiger partial charge in [0.1, 0.15) is 6.04 Å². The Labute approximate surface area is 74.5 Å². The summed E-state index contributed by atoms with van der Waals surface area (Å²) >= 11 is 0. The first-order valence-electron chi connectivity index (χ1n) is 4.11. The maximum atomic E-state index is 10.9. The monoisotopic (exact) mass is 182 g/mol. The van der Waals surface area contributed by atoms with Gasteiger partial charge in [-0.15, -0.1) is 0 Å². The van der Waals surface area contributed by atoms with Crippen molar-refractivity contribution < 1.29 is 9.32 Å². The molecule has 2 rings (SSSR count). The van der Waals surface area contributed by atoms with Crippen LogP contribution in [0, 0.1) is 0 Å². The first-order chi connectivity index (χ1) is 6.29. The summed E-state index contributed by atoms with van der Waals surface area (Å²) in [7, 11) is 0. The smallest absolute Gasteiger partial charge is 0.249 e. The molecule has 13 heavy (non-hydrogen) atoms. The van der Waals surface area contributed by atoms with E-state index in [1.54, 1.807) is 0 Å². The summed E-state index contributed by atoms with van der Waals surface area (Å²) < 4.78 is 4.93. The third-order valence-electron chi connectivity index (χ3n) is 1.96. The predicted octanol–water partition coefficient (Wildman–Crippen LogP) is -0.521. The zero-order valence-corrected chi connectivity index (χ0v) is 6.99. The first kappa shape index (κ1) is 8.18. The van der Waals surface area contributed by atoms with Crippen LogP contribution in [0.25, 0.3) is 0 Å². The van der Waals surface area contributed by atoms with E-state index >= 15 is 0 Å². The zero-order chi connectivity index (χ0) is 9.26. The van der Waals surface area contributed by atoms with Crippen molar-refractivity contribution in [2.75, 3.05) is 0 Å². The molecule has 1 aromatic rings. The van der Waals surface area contributed by atoms with Crippen molar-refractivity contribution in [2.45, 2.75) is 25.4 Å². The van der Waals surface area contributed by atoms with E-state index in [9.17, 15) is 4.79 Å². The second-order valence-electron chi connectivity index (χ2n) is 2.91. The Bertz CT molecular complexity index is 322. The summed E-state index contributed by atoms with van der Waals surface area (Å²) in [6.07, 6.45) is 1.23. The van der Waals surface area contributed by atoms with Crippen LogP contribution in [0.1, 0.15) is 30.6 Å². The maximum Gasteiger partial charge on any atom is 0.249 e. The SMILES string of the molecule is NCc1noc([C@@H]2CCC(=O)N2)n1. The molecule has 1 amide bonds. The molecule has 6 heteroatoms. The lowest BCUT2D eigenvalue weighted by Gasteiger charge is -2.01. The Kier molecular flexibility index (Phi) is 1.97. The molecule has 70 valence electrons. The molecule has 1 aromatic heterocycles. The van der Waals surface area contributed by atoms with Gasteiger partial charge in [0.15, 0.2) is 5.82 Å². The van der Waals surface area contributed by atoms with Gasteiger partial charge in [-0.25, -0.2) is 0 Å². The van der Waals surface area contributed by atoms with E-state index in [1.165, 1.54) is 0 Å². The molecule has 0 spiro atoms. The van der Waals surface area contributed by atoms with E-state index in [2.05, 4.69) is 15.5 Å². The highest BCUT2D eigenvalue weighted by atomic mass is 16.5. The molecular formula is C7H10N4O2. The molecule has 1 aliphatic rings. The molecule has 0 bridgehead atoms. The van der Waals surface area contributed by atoms with Gasteiger partial charge in [-0.3, -0.25) is 4.79 Å². The normalized spacial score (nSPS) is 21.9. The number of nitrogens with one attached hydrogen (secondary N) is 1. The molecule has 0 aromatic carbocycles. The number of aromatic nitrogens is 2. The molecule has 1 atom stereocenters. The molecular weight excluding hydrogens is 172 g/mol. The summed E-state index contributed by atoms with van der Waals surface area (Å²) in [5.41, 5.74) is 5.32. The standard InChI is InChI=1S/C7H10N4O2/c8-3-5-10-7(13-11-5)4-1-2-6(12)9-4/h4H,1-3,8H2,(H,9,12)/t4-/m0/s1. The van der Waals surface area contributed by atoms with Crippen molar-refractivity contribution in [1.82, 2.24) is 15.5 Å². The van der Waals surface area contributed by atoms with Crippen molar-refractivity contribution in [3.63, 3.8) is 0 Å². The van der Waals surface area contributed by atoms with Crippen molar-refractivity contribution in [3.05, 3.63) is 11.7 Å². The fourth-order valence-electron chi connectivity index (χ4n) is 1.29. The number of rotatable bonds is 2. The van der Waals surface area contributed by atoms with Crippen molar-refractivity contribution in [1.29, 1.82) is 0 Å². The second-order valence-corrected chi connectivity index (χ2v) is 2.91. The number of hydrogen-bond acceptors (Lipinski definition) is 5. The predicted molar refractivity (Wildman–Crippen MR) is 42.3 cm³/mol. The van der Waals surface area contributed by atoms with E-state index < -0.39 is 0 Å². The largest absolute Gasteiger partial charge is 0.344 e. The van der Waals surface area contributed by atoms with E-state index in [1.807, 2.05) is 0 Å². The molecule has 6 nitrogen and oxygen atoms in total. The summed E-state index contributed by atoms with van der Waals surface area (Å²) in [6, 6.07) is -0.125. The summed E-state index contributed by atoms with van der Waals surface area (Å²) in [6.45, 7) is 0.254. The van der Waals surface area contributed by atoms with Gasteiger partial charge < -0.3 is 15.6 Å². The molecule has 0 aliphatic carbocycles. The van der Waals surface area contributed by atoms with Crippen LogP contribution in [0.4, 0.5) is 0 Å². The van der Waals surface area contributed by atoms with Crippen LogP contribution < -0.4 is 11.1 Å². The summed E-state index contributed by atoms with van der Waals surface area (Å²) in [4.78, 5) is 14.9. The number of carbonyl (C=O) groups excluding carboxylic acids is 1. The van der Waals surface area contributed by atoms with E-state index in [4.69, 9.17) is 10.3 Å². The summed E-state index contributed by atoms with van der Waals surface area (Å²) in [5, 5.41) is 6.37. The van der Waals surface area contributed by atoms with Gasteiger partial charge in [-0.2, -0.15) is 4.98 Å². The lowest BCUT2D eigenvalue weighted by atomic mass is 10.2. The van der Waals surface area contributed by atoms with Crippen molar-refractivity contribution in [3.8, 4) is 0 Å². The minimum Gasteiger partial charge on any atom is -0.344 e. The van der Waals surface area contributed by atoms with E-state index in [0.717, 1.165) is 0 Å². The average Bonchev–Trinajstić information content (AvgIpc) is 2.71. The fraction of sp³-hybridized carbons (Fsp3) is 0.571. The minimum absolute atomic E-state index is 0.0255. The minimum atomic E-state index is -0.125. The Hall–Kier alpha value is -1.43. The number of hydrogen-bond donors (Lipinski definition) is 2. The van der Waals surface area contributed by atoms with E-state index in [-0.39, 0.29) is 18.5 Å². The van der Waals surface area contributed by atoms with Crippen LogP contribution in [0.3, 0.4) is 0 Å². The van der Waals surface area contributed by atoms with Gasteiger partial charge in [-0.1, -0.05) is 5.16 Å². The molecule has 0 unspecified atom stereocenters. The van der Waals surface area contributed by atoms with Gasteiger partial charge in [0.25, 0.3) is 0 Å². The molecule has 0 saturated carbocycles. The highest BCUT2D eigenvalue weighted by molar-refractivity contribution is 5.78. The lowest BCUT2D eigenvalue weighted by molar-refractivity contribution is -0.119. The maximum absolute atomic E-state index is 10.9. The Balaban J connectivity index is 2.12. The van der Waals surface area contributed by atoms with Gasteiger partial charge in [-0.05, 0) is 6.42 Å². The van der Waals surface area contributed by atoms with Crippen LogP contribution >= 0.6 is 0 Å². The molecule has 1 aliphatic heterocycles. The second kappa shape index (κ2) is 3.14. The number of carbonyl (C=O) groups is 1. The zero-order valence-electron chi connectivity index (χ0n) is 6.99. The topological polar surface area (TPSA) is 94.0 Å². The van der Waals surface area contributed by atoms with Gasteiger partial charge in [0.05, 0.1) is 6.54 Å². The molecule has 1 saturated heterocycles. The molecule has 0 radical (unpaired) electrons. The number of nitrogens with two attached hydrogens (primary N) is 1. The van der Waals surface area contributed by atoms with Crippen LogP contribution in [0.2, 0.25) is 0 Å². The summed E-state index contributed by atoms with van der Waals surface area (Å²) in [5.74, 6) is 0.944. The van der Waals surface area contributed by atoms with Crippen LogP contribution in [-0.2, 0) is 11.3 Å². The lowest BCUT2D eigenvalue weighted by Crippen LogP contribution is -2.18. The Morgan fingerprint density at radius 3 is 3.08 bits per heavy atom. The van der Waals surface area contributed by atoms with Gasteiger partial charge in [0, 0.05) is 6.42 Å². The van der Waals surface area contributed by atoms with Gasteiger partial charge >= 0.3 is 0 Å². The van der Waals surface area contributed by atoms with Crippen LogP contribution in [0.5, 0.6) is 0 Å². The average molecular weight is 182 g/mol. The third-order valence-corrected chi connectivity index (χ3v) is 1.96. The van der Waals surface area contributed by atoms with Crippen molar-refractivity contribution in [2.24, 2.45) is 5.73 Å². The molecule has 2 heterocycles. The van der Waals surface area contributed by atoms with Gasteiger partial charge in [0.2, 0.25) is 11.8 Å². The van der Waals surface area contributed by atoms with Crippen LogP contribution in [0.15, 0.2) is 4.52 Å². The number of nitrogens with zero attached hydrogens (tertiary/aromatic N) is 2. The highest BCUT2D eigenvalue weighted by Crippen LogP contribution is 2.21. The Morgan fingerprint density at radius 2 is 2.54 bits per heavy atom. The highest BCUT2D eigenvalue weighted by Gasteiger charge is 2.26. The fourth-order valence-corrected chi connectivity index (χ4v) is 1.29. The molecule has 1 fully saturated rings. The third kappa shape index (κ3) is 1.52. The molecule has 3 N–H and O–H groups in total. The quantitative estimate of drug-likeness (QED) is 0.641. The number of amides is 1.